The average Bonchev–Trinajstić information content (AvgIpc) is 3.72. The van der Waals surface area contributed by atoms with E-state index in [-0.39, 0.29) is 34.1 Å². The minimum atomic E-state index is -4.54. The van der Waals surface area contributed by atoms with Crippen molar-refractivity contribution in [3.05, 3.63) is 29.3 Å². The Morgan fingerprint density at radius 2 is 1.60 bits per heavy atom. The van der Waals surface area contributed by atoms with Crippen LogP contribution in [0, 0.1) is 0 Å². The highest BCUT2D eigenvalue weighted by molar-refractivity contribution is 7.79. The highest BCUT2D eigenvalue weighted by Gasteiger charge is 2.52. The molecule has 10 atom stereocenters. The molecule has 4 aromatic heterocycles. The number of nitrogens with zero attached hydrogens (tertiary/aromatic N) is 7. The van der Waals surface area contributed by atoms with Gasteiger partial charge in [0.1, 0.15) is 55.9 Å². The van der Waals surface area contributed by atoms with Crippen molar-refractivity contribution in [1.82, 2.24) is 39.0 Å². The smallest absolute Gasteiger partial charge is 0.280 e. The number of ether oxygens (including phenoxy) is 2. The molecule has 0 aromatic carbocycles. The lowest BCUT2D eigenvalue weighted by molar-refractivity contribution is -0.0578. The van der Waals surface area contributed by atoms with Crippen molar-refractivity contribution in [3.8, 4) is 0 Å². The molecule has 3 saturated heterocycles. The maximum absolute atomic E-state index is 13.6. The van der Waals surface area contributed by atoms with Crippen molar-refractivity contribution in [2.75, 3.05) is 24.7 Å². The fourth-order valence-electron chi connectivity index (χ4n) is 5.23. The maximum Gasteiger partial charge on any atom is 0.280 e. The highest BCUT2D eigenvalue weighted by atomic mass is 31.2. The normalized spacial score (nSPS) is 37.7. The van der Waals surface area contributed by atoms with Gasteiger partial charge in [0, 0.05) is 0 Å². The number of nitrogens with two attached hydrogens (primary N) is 2. The van der Waals surface area contributed by atoms with Gasteiger partial charge in [0.25, 0.3) is 13.0 Å². The molecule has 3 aliphatic rings. The van der Waals surface area contributed by atoms with Crippen molar-refractivity contribution in [3.63, 3.8) is 0 Å². The van der Waals surface area contributed by atoms with Gasteiger partial charge in [0.2, 0.25) is 13.5 Å². The van der Waals surface area contributed by atoms with Crippen LogP contribution in [0.15, 0.2) is 23.8 Å². The number of H-pyrrole nitrogens is 1. The Balaban J connectivity index is 1.21. The summed E-state index contributed by atoms with van der Waals surface area (Å²) in [5.74, 6) is -0.117. The summed E-state index contributed by atoms with van der Waals surface area (Å²) in [7, 11) is -3.58. The van der Waals surface area contributed by atoms with Crippen molar-refractivity contribution in [2.45, 2.75) is 49.1 Å². The molecule has 0 amide bonds. The minimum absolute atomic E-state index is 0.0263. The standard InChI is InChI=1S/C20H25B2N10O11P2/c21-44(36)38-1-6-10(33)13(19(40-6)32-5-28-9-16(32)29-20(24)30-17(9)35)43-45(22,37)39-2-7-12(42-44)11(34)18(41-7)31-4-27-8-14(23)25-3-26-15(8)31/h3-7,10-13,18-19,33-34H,1-2H2,21H3,(H2,23,25,26)(H3,24,29,30,35)/q-1/t6?,7-,10+,11+,12+,13+,18?,19-,44-,45-/m1/s1. The number of nitrogens with one attached hydrogen (secondary N) is 1. The van der Waals surface area contributed by atoms with Crippen LogP contribution in [0.25, 0.3) is 22.3 Å². The minimum Gasteiger partial charge on any atom is -0.387 e. The van der Waals surface area contributed by atoms with Gasteiger partial charge < -0.3 is 53.8 Å². The second-order valence-corrected chi connectivity index (χ2v) is 12.4. The van der Waals surface area contributed by atoms with E-state index in [0.29, 0.717) is 0 Å². The zero-order valence-electron chi connectivity index (χ0n) is 22.1. The van der Waals surface area contributed by atoms with Crippen LogP contribution in [0.5, 0.6) is 0 Å². The van der Waals surface area contributed by atoms with E-state index >= 15 is 0 Å². The Hall–Kier alpha value is -3.23. The predicted octanol–water partition coefficient (Wildman–Crippen LogP) is -2.79. The summed E-state index contributed by atoms with van der Waals surface area (Å²) < 4.78 is 64.4. The summed E-state index contributed by atoms with van der Waals surface area (Å²) in [6.07, 6.45) is -6.99. The van der Waals surface area contributed by atoms with Crippen LogP contribution < -0.4 is 17.0 Å². The Morgan fingerprint density at radius 1 is 0.911 bits per heavy atom. The fraction of sp³-hybridized carbons (Fsp3) is 0.500. The third kappa shape index (κ3) is 5.38. The molecular formula is C20H25B2N10O11P2-. The van der Waals surface area contributed by atoms with E-state index in [1.54, 1.807) is 0 Å². The molecule has 7 heterocycles. The van der Waals surface area contributed by atoms with E-state index in [0.717, 1.165) is 0 Å². The van der Waals surface area contributed by atoms with Gasteiger partial charge in [-0.3, -0.25) is 23.5 Å². The average molecular weight is 665 g/mol. The van der Waals surface area contributed by atoms with Crippen molar-refractivity contribution in [1.29, 1.82) is 0 Å². The van der Waals surface area contributed by atoms with Crippen LogP contribution in [0.3, 0.4) is 0 Å². The van der Waals surface area contributed by atoms with E-state index in [9.17, 15) is 24.1 Å². The molecule has 4 aromatic rings. The van der Waals surface area contributed by atoms with E-state index in [1.807, 2.05) is 0 Å². The van der Waals surface area contributed by atoms with Crippen molar-refractivity contribution >= 4 is 64.2 Å². The van der Waals surface area contributed by atoms with Gasteiger partial charge in [-0.25, -0.2) is 19.9 Å². The molecule has 21 nitrogen and oxygen atoms in total. The SMILES string of the molecule is [B][P@@]1(=O)OC[C@H]2OC(n3cnc4c(N)ncnc43)[C@@H](O)[C@H]2O[P@]([BH3-])(=O)OCC2O[C@@H](n3cnc4c(=O)[nH]c(N)nc43)[C@@H](O1)[C@H]2O. The monoisotopic (exact) mass is 665 g/mol. The molecule has 2 radical (unpaired) electrons. The number of aromatic amines is 1. The molecule has 7 N–H and O–H groups in total. The second kappa shape index (κ2) is 10.9. The van der Waals surface area contributed by atoms with Gasteiger partial charge in [-0.15, -0.1) is 0 Å². The number of rotatable bonds is 2. The number of anilines is 2. The van der Waals surface area contributed by atoms with Crippen LogP contribution in [-0.2, 0) is 36.7 Å². The van der Waals surface area contributed by atoms with Crippen LogP contribution >= 0.6 is 14.9 Å². The quantitative estimate of drug-likeness (QED) is 0.107. The van der Waals surface area contributed by atoms with Crippen molar-refractivity contribution in [2.24, 2.45) is 0 Å². The molecule has 3 fully saturated rings. The molecule has 0 aliphatic carbocycles. The molecule has 3 aliphatic heterocycles. The maximum atomic E-state index is 13.6. The van der Waals surface area contributed by atoms with Crippen molar-refractivity contribution < 1.29 is 46.9 Å². The topological polar surface area (TPSA) is 289 Å². The molecule has 2 bridgehead atoms. The Morgan fingerprint density at radius 3 is 2.38 bits per heavy atom. The van der Waals surface area contributed by atoms with Gasteiger partial charge >= 0.3 is 0 Å². The summed E-state index contributed by atoms with van der Waals surface area (Å²) >= 11 is 0. The third-order valence-corrected chi connectivity index (χ3v) is 9.07. The lowest BCUT2D eigenvalue weighted by Crippen LogP contribution is -2.36. The molecule has 25 heteroatoms. The fourth-order valence-corrected chi connectivity index (χ4v) is 7.01. The van der Waals surface area contributed by atoms with Crippen LogP contribution in [0.1, 0.15) is 12.5 Å². The Labute approximate surface area is 253 Å². The summed E-state index contributed by atoms with van der Waals surface area (Å²) in [5.41, 5.74) is 11.3. The first-order valence-corrected chi connectivity index (χ1v) is 15.5. The van der Waals surface area contributed by atoms with Gasteiger partial charge in [-0.05, 0) is 0 Å². The van der Waals surface area contributed by atoms with E-state index in [2.05, 4.69) is 29.9 Å². The van der Waals surface area contributed by atoms with Gasteiger partial charge in [-0.2, -0.15) is 4.98 Å². The number of aliphatic hydroxyl groups excluding tert-OH is 2. The van der Waals surface area contributed by atoms with Gasteiger partial charge in [-0.1, -0.05) is 0 Å². The zero-order valence-corrected chi connectivity index (χ0v) is 23.9. The molecule has 0 spiro atoms. The number of nitrogen functional groups attached to an aromatic ring is 2. The van der Waals surface area contributed by atoms with Crippen LogP contribution in [0.2, 0.25) is 0 Å². The number of hydrogen-bond acceptors (Lipinski definition) is 18. The molecule has 0 saturated carbocycles. The summed E-state index contributed by atoms with van der Waals surface area (Å²) in [4.78, 5) is 35.0. The number of fused-ring (bicyclic) bond motifs is 5. The molecule has 2 unspecified atom stereocenters. The molecule has 7 rings (SSSR count). The Kier molecular flexibility index (Phi) is 7.40. The lowest BCUT2D eigenvalue weighted by Gasteiger charge is -2.29. The largest absolute Gasteiger partial charge is 0.387 e. The molecule has 45 heavy (non-hydrogen) atoms. The van der Waals surface area contributed by atoms with Gasteiger partial charge in [0.05, 0.1) is 33.4 Å². The van der Waals surface area contributed by atoms with Crippen LogP contribution in [-0.4, -0.2) is 114 Å². The van der Waals surface area contributed by atoms with E-state index < -0.39 is 90.4 Å². The first kappa shape index (κ1) is 30.4. The number of aliphatic hydroxyl groups is 2. The van der Waals surface area contributed by atoms with Crippen LogP contribution in [0.4, 0.5) is 11.8 Å². The predicted molar refractivity (Wildman–Crippen MR) is 155 cm³/mol. The number of imidazole rings is 2. The summed E-state index contributed by atoms with van der Waals surface area (Å²) in [6, 6.07) is 0. The number of aromatic nitrogens is 8. The summed E-state index contributed by atoms with van der Waals surface area (Å²) in [6.45, 7) is -1.04. The second-order valence-electron chi connectivity index (χ2n) is 9.96. The lowest BCUT2D eigenvalue weighted by atomic mass is 10.1. The van der Waals surface area contributed by atoms with E-state index in [4.69, 9.17) is 46.6 Å². The molecule has 238 valence electrons. The molecular weight excluding hydrogens is 640 g/mol. The third-order valence-electron chi connectivity index (χ3n) is 7.25. The van der Waals surface area contributed by atoms with E-state index in [1.165, 1.54) is 28.1 Å². The first-order valence-electron chi connectivity index (χ1n) is 12.8. The highest BCUT2D eigenvalue weighted by Crippen LogP contribution is 2.53. The number of hydrogen-bond donors (Lipinski definition) is 5. The van der Waals surface area contributed by atoms with Gasteiger partial charge in [0.15, 0.2) is 35.1 Å². The zero-order chi connectivity index (χ0) is 31.8. The first-order chi connectivity index (χ1) is 21.3. The summed E-state index contributed by atoms with van der Waals surface area (Å²) in [5, 5.41) is 22.5. The Bertz CT molecular complexity index is 1940.